The first-order valence-electron chi connectivity index (χ1n) is 9.31. The van der Waals surface area contributed by atoms with E-state index in [0.717, 1.165) is 18.2 Å². The molecule has 1 aliphatic rings. The highest BCUT2D eigenvalue weighted by atomic mass is 35.5. The first-order valence-corrected chi connectivity index (χ1v) is 11.2. The van der Waals surface area contributed by atoms with Crippen LogP contribution in [0.4, 0.5) is 10.1 Å². The smallest absolute Gasteiger partial charge is 0.271 e. The van der Waals surface area contributed by atoms with Gasteiger partial charge in [-0.1, -0.05) is 11.6 Å². The molecule has 33 heavy (non-hydrogen) atoms. The maximum Gasteiger partial charge on any atom is 0.271 e. The molecule has 1 aliphatic heterocycles. The highest BCUT2D eigenvalue weighted by molar-refractivity contribution is 7.92. The molecule has 1 heterocycles. The SMILES string of the molecule is O=C(NNC(=O)c1cc(S(=O)(=O)Nc2ccc(F)cc2)ccc1Cl)c1ccc2c(c1)OCO2. The summed E-state index contributed by atoms with van der Waals surface area (Å²) >= 11 is 6.05. The Morgan fingerprint density at radius 3 is 2.33 bits per heavy atom. The summed E-state index contributed by atoms with van der Waals surface area (Å²) in [6.07, 6.45) is 0. The van der Waals surface area contributed by atoms with E-state index in [-0.39, 0.29) is 33.5 Å². The summed E-state index contributed by atoms with van der Waals surface area (Å²) in [4.78, 5) is 24.6. The molecule has 0 atom stereocenters. The van der Waals surface area contributed by atoms with Crippen molar-refractivity contribution in [2.24, 2.45) is 0 Å². The second-order valence-corrected chi connectivity index (χ2v) is 8.82. The Bertz CT molecular complexity index is 1350. The summed E-state index contributed by atoms with van der Waals surface area (Å²) in [7, 11) is -4.10. The molecular formula is C21H15ClFN3O6S. The van der Waals surface area contributed by atoms with Gasteiger partial charge in [0.25, 0.3) is 21.8 Å². The number of halogens is 2. The number of hydrogen-bond acceptors (Lipinski definition) is 6. The van der Waals surface area contributed by atoms with Crippen LogP contribution in [0.15, 0.2) is 65.6 Å². The molecule has 3 aromatic carbocycles. The van der Waals surface area contributed by atoms with Crippen molar-refractivity contribution in [3.8, 4) is 11.5 Å². The lowest BCUT2D eigenvalue weighted by Gasteiger charge is -2.12. The third-order valence-electron chi connectivity index (χ3n) is 4.51. The average molecular weight is 492 g/mol. The molecule has 4 rings (SSSR count). The summed E-state index contributed by atoms with van der Waals surface area (Å²) in [6, 6.07) is 12.7. The van der Waals surface area contributed by atoms with Gasteiger partial charge in [0, 0.05) is 11.3 Å². The van der Waals surface area contributed by atoms with Crippen molar-refractivity contribution in [1.82, 2.24) is 10.9 Å². The van der Waals surface area contributed by atoms with E-state index in [4.69, 9.17) is 21.1 Å². The van der Waals surface area contributed by atoms with Gasteiger partial charge in [0.15, 0.2) is 11.5 Å². The zero-order valence-electron chi connectivity index (χ0n) is 16.6. The minimum absolute atomic E-state index is 0.0365. The Morgan fingerprint density at radius 1 is 0.879 bits per heavy atom. The summed E-state index contributed by atoms with van der Waals surface area (Å²) in [5.41, 5.74) is 4.56. The predicted octanol–water partition coefficient (Wildman–Crippen LogP) is 3.08. The van der Waals surface area contributed by atoms with Gasteiger partial charge >= 0.3 is 0 Å². The van der Waals surface area contributed by atoms with Gasteiger partial charge in [0.05, 0.1) is 15.5 Å². The van der Waals surface area contributed by atoms with Crippen LogP contribution in [-0.4, -0.2) is 27.0 Å². The number of hydrogen-bond donors (Lipinski definition) is 3. The van der Waals surface area contributed by atoms with Crippen LogP contribution in [0, 0.1) is 5.82 Å². The molecule has 0 aliphatic carbocycles. The van der Waals surface area contributed by atoms with Crippen LogP contribution < -0.4 is 25.0 Å². The molecule has 3 aromatic rings. The lowest BCUT2D eigenvalue weighted by molar-refractivity contribution is 0.0846. The molecule has 3 N–H and O–H groups in total. The van der Waals surface area contributed by atoms with Gasteiger partial charge in [-0.15, -0.1) is 0 Å². The Labute approximate surface area is 192 Å². The topological polar surface area (TPSA) is 123 Å². The van der Waals surface area contributed by atoms with Crippen LogP contribution in [0.3, 0.4) is 0 Å². The molecule has 170 valence electrons. The summed E-state index contributed by atoms with van der Waals surface area (Å²) in [5, 5.41) is -0.0365. The molecule has 0 saturated heterocycles. The summed E-state index contributed by atoms with van der Waals surface area (Å²) in [5.74, 6) is -1.11. The van der Waals surface area contributed by atoms with E-state index in [9.17, 15) is 22.4 Å². The first-order chi connectivity index (χ1) is 15.7. The molecule has 0 bridgehead atoms. The van der Waals surface area contributed by atoms with E-state index < -0.39 is 27.7 Å². The van der Waals surface area contributed by atoms with Crippen LogP contribution in [0.25, 0.3) is 0 Å². The number of rotatable bonds is 5. The molecule has 12 heteroatoms. The summed E-state index contributed by atoms with van der Waals surface area (Å²) < 4.78 is 51.0. The van der Waals surface area contributed by atoms with Gasteiger partial charge in [-0.05, 0) is 60.7 Å². The van der Waals surface area contributed by atoms with Crippen LogP contribution in [0.5, 0.6) is 11.5 Å². The average Bonchev–Trinajstić information content (AvgIpc) is 3.26. The summed E-state index contributed by atoms with van der Waals surface area (Å²) in [6.45, 7) is 0.0465. The first kappa shape index (κ1) is 22.4. The number of sulfonamides is 1. The van der Waals surface area contributed by atoms with Crippen molar-refractivity contribution in [1.29, 1.82) is 0 Å². The van der Waals surface area contributed by atoms with Crippen molar-refractivity contribution in [3.05, 3.63) is 82.6 Å². The minimum Gasteiger partial charge on any atom is -0.454 e. The molecule has 2 amide bonds. The fraction of sp³-hybridized carbons (Fsp3) is 0.0476. The number of carbonyl (C=O) groups excluding carboxylic acids is 2. The normalized spacial score (nSPS) is 12.2. The van der Waals surface area contributed by atoms with Crippen LogP contribution in [-0.2, 0) is 10.0 Å². The van der Waals surface area contributed by atoms with E-state index in [1.165, 1.54) is 36.4 Å². The highest BCUT2D eigenvalue weighted by Gasteiger charge is 2.20. The van der Waals surface area contributed by atoms with Gasteiger partial charge in [-0.2, -0.15) is 0 Å². The largest absolute Gasteiger partial charge is 0.454 e. The van der Waals surface area contributed by atoms with E-state index in [1.807, 2.05) is 0 Å². The van der Waals surface area contributed by atoms with Crippen LogP contribution in [0.1, 0.15) is 20.7 Å². The fourth-order valence-corrected chi connectivity index (χ4v) is 4.16. The predicted molar refractivity (Wildman–Crippen MR) is 116 cm³/mol. The number of fused-ring (bicyclic) bond motifs is 1. The molecule has 0 radical (unpaired) electrons. The zero-order valence-corrected chi connectivity index (χ0v) is 18.2. The number of nitrogens with one attached hydrogen (secondary N) is 3. The van der Waals surface area contributed by atoms with Crippen molar-refractivity contribution in [3.63, 3.8) is 0 Å². The lowest BCUT2D eigenvalue weighted by Crippen LogP contribution is -2.41. The van der Waals surface area contributed by atoms with Crippen LogP contribution in [0.2, 0.25) is 5.02 Å². The van der Waals surface area contributed by atoms with Crippen molar-refractivity contribution in [2.45, 2.75) is 4.90 Å². The Balaban J connectivity index is 1.47. The number of carbonyl (C=O) groups is 2. The molecule has 0 spiro atoms. The van der Waals surface area contributed by atoms with Crippen molar-refractivity contribution in [2.75, 3.05) is 11.5 Å². The molecular weight excluding hydrogens is 477 g/mol. The van der Waals surface area contributed by atoms with Gasteiger partial charge < -0.3 is 9.47 Å². The lowest BCUT2D eigenvalue weighted by atomic mass is 10.2. The van der Waals surface area contributed by atoms with Crippen molar-refractivity contribution >= 4 is 39.1 Å². The van der Waals surface area contributed by atoms with Gasteiger partial charge in [-0.25, -0.2) is 12.8 Å². The Morgan fingerprint density at radius 2 is 1.58 bits per heavy atom. The van der Waals surface area contributed by atoms with Crippen LogP contribution >= 0.6 is 11.6 Å². The molecule has 9 nitrogen and oxygen atoms in total. The van der Waals surface area contributed by atoms with E-state index >= 15 is 0 Å². The maximum absolute atomic E-state index is 13.0. The van der Waals surface area contributed by atoms with Crippen molar-refractivity contribution < 1.29 is 31.9 Å². The minimum atomic E-state index is -4.10. The second kappa shape index (κ2) is 8.96. The fourth-order valence-electron chi connectivity index (χ4n) is 2.87. The highest BCUT2D eigenvalue weighted by Crippen LogP contribution is 2.32. The number of benzene rings is 3. The monoisotopic (exact) mass is 491 g/mol. The van der Waals surface area contributed by atoms with Gasteiger partial charge in [0.2, 0.25) is 6.79 Å². The van der Waals surface area contributed by atoms with E-state index in [2.05, 4.69) is 15.6 Å². The third-order valence-corrected chi connectivity index (χ3v) is 6.22. The van der Waals surface area contributed by atoms with Gasteiger partial charge in [0.1, 0.15) is 5.82 Å². The standard InChI is InChI=1S/C21H15ClFN3O6S/c22-17-7-6-15(33(29,30)26-14-4-2-13(23)3-5-14)10-16(17)21(28)25-24-20(27)12-1-8-18-19(9-12)32-11-31-18/h1-10,26H,11H2,(H,24,27)(H,25,28). The number of amides is 2. The quantitative estimate of drug-likeness (QED) is 0.471. The zero-order chi connectivity index (χ0) is 23.6. The number of anilines is 1. The maximum atomic E-state index is 13.0. The molecule has 0 fully saturated rings. The van der Waals surface area contributed by atoms with E-state index in [1.54, 1.807) is 6.07 Å². The second-order valence-electron chi connectivity index (χ2n) is 6.73. The molecule has 0 aromatic heterocycles. The molecule has 0 saturated carbocycles. The third kappa shape index (κ3) is 4.99. The van der Waals surface area contributed by atoms with Gasteiger partial charge in [-0.3, -0.25) is 25.2 Å². The Kier molecular flexibility index (Phi) is 6.07. The number of ether oxygens (including phenoxy) is 2. The van der Waals surface area contributed by atoms with E-state index in [0.29, 0.717) is 11.5 Å². The molecule has 0 unspecified atom stereocenters. The Hall–Kier alpha value is -3.83. The number of hydrazine groups is 1.